The van der Waals surface area contributed by atoms with Crippen LogP contribution in [0.15, 0.2) is 24.3 Å². The average Bonchev–Trinajstić information content (AvgIpc) is 2.61. The number of benzene rings is 1. The normalized spacial score (nSPS) is 18.1. The minimum absolute atomic E-state index is 0.0562. The fourth-order valence-electron chi connectivity index (χ4n) is 3.38. The lowest BCUT2D eigenvalue weighted by atomic mass is 9.87. The monoisotopic (exact) mass is 364 g/mol. The van der Waals surface area contributed by atoms with E-state index in [1.54, 1.807) is 13.8 Å². The zero-order valence-electron chi connectivity index (χ0n) is 15.5. The third-order valence-electron chi connectivity index (χ3n) is 5.05. The summed E-state index contributed by atoms with van der Waals surface area (Å²) in [6, 6.07) is 7.86. The lowest BCUT2D eigenvalue weighted by Crippen LogP contribution is -2.54. The molecule has 0 aromatic heterocycles. The van der Waals surface area contributed by atoms with Gasteiger partial charge in [0, 0.05) is 24.2 Å². The molecule has 0 bridgehead atoms. The SMILES string of the molecule is CCC1CCCCN1C(=O)C(C)(C)C(=O)NCCc1cccc(Cl)c1. The molecular weight excluding hydrogens is 336 g/mol. The summed E-state index contributed by atoms with van der Waals surface area (Å²) < 4.78 is 0. The van der Waals surface area contributed by atoms with E-state index in [1.165, 1.54) is 0 Å². The van der Waals surface area contributed by atoms with Gasteiger partial charge >= 0.3 is 0 Å². The predicted octanol–water partition coefficient (Wildman–Crippen LogP) is 3.82. The van der Waals surface area contributed by atoms with E-state index in [0.29, 0.717) is 18.0 Å². The van der Waals surface area contributed by atoms with Crippen LogP contribution in [0.3, 0.4) is 0 Å². The van der Waals surface area contributed by atoms with Crippen LogP contribution in [0.5, 0.6) is 0 Å². The Morgan fingerprint density at radius 3 is 2.76 bits per heavy atom. The summed E-state index contributed by atoms with van der Waals surface area (Å²) in [6.07, 6.45) is 4.86. The van der Waals surface area contributed by atoms with E-state index in [4.69, 9.17) is 11.6 Å². The lowest BCUT2D eigenvalue weighted by molar-refractivity contribution is -0.151. The summed E-state index contributed by atoms with van der Waals surface area (Å²) in [5, 5.41) is 3.60. The first-order valence-electron chi connectivity index (χ1n) is 9.20. The highest BCUT2D eigenvalue weighted by Crippen LogP contribution is 2.27. The van der Waals surface area contributed by atoms with Gasteiger partial charge < -0.3 is 10.2 Å². The number of carbonyl (C=O) groups excluding carboxylic acids is 2. The molecule has 1 unspecified atom stereocenters. The number of nitrogens with one attached hydrogen (secondary N) is 1. The van der Waals surface area contributed by atoms with Crippen molar-refractivity contribution in [2.24, 2.45) is 5.41 Å². The van der Waals surface area contributed by atoms with Gasteiger partial charge in [-0.1, -0.05) is 30.7 Å². The maximum absolute atomic E-state index is 13.0. The van der Waals surface area contributed by atoms with Crippen LogP contribution in [0.4, 0.5) is 0 Å². The van der Waals surface area contributed by atoms with E-state index in [-0.39, 0.29) is 17.9 Å². The summed E-state index contributed by atoms with van der Waals surface area (Å²) in [6.45, 7) is 6.81. The minimum atomic E-state index is -1.04. The van der Waals surface area contributed by atoms with Gasteiger partial charge in [0.25, 0.3) is 0 Å². The second-order valence-corrected chi connectivity index (χ2v) is 7.75. The highest BCUT2D eigenvalue weighted by molar-refractivity contribution is 6.30. The number of hydrogen-bond donors (Lipinski definition) is 1. The molecular formula is C20H29ClN2O2. The molecule has 1 fully saturated rings. The Labute approximate surface area is 155 Å². The molecule has 1 atom stereocenters. The van der Waals surface area contributed by atoms with E-state index in [9.17, 15) is 9.59 Å². The average molecular weight is 365 g/mol. The fraction of sp³-hybridized carbons (Fsp3) is 0.600. The van der Waals surface area contributed by atoms with Gasteiger partial charge in [0.15, 0.2) is 0 Å². The Morgan fingerprint density at radius 1 is 1.32 bits per heavy atom. The molecule has 4 nitrogen and oxygen atoms in total. The third-order valence-corrected chi connectivity index (χ3v) is 5.28. The number of halogens is 1. The van der Waals surface area contributed by atoms with Crippen molar-refractivity contribution in [2.45, 2.75) is 58.9 Å². The highest BCUT2D eigenvalue weighted by Gasteiger charge is 2.41. The van der Waals surface area contributed by atoms with Gasteiger partial charge in [-0.25, -0.2) is 0 Å². The van der Waals surface area contributed by atoms with Crippen molar-refractivity contribution >= 4 is 23.4 Å². The number of likely N-dealkylation sites (tertiary alicyclic amines) is 1. The summed E-state index contributed by atoms with van der Waals surface area (Å²) in [7, 11) is 0. The van der Waals surface area contributed by atoms with Crippen molar-refractivity contribution in [2.75, 3.05) is 13.1 Å². The predicted molar refractivity (Wildman–Crippen MR) is 102 cm³/mol. The Bertz CT molecular complexity index is 615. The summed E-state index contributed by atoms with van der Waals surface area (Å²) in [5.74, 6) is -0.265. The van der Waals surface area contributed by atoms with E-state index in [2.05, 4.69) is 12.2 Å². The quantitative estimate of drug-likeness (QED) is 0.780. The van der Waals surface area contributed by atoms with Crippen LogP contribution in [0.1, 0.15) is 52.0 Å². The second kappa shape index (κ2) is 8.70. The van der Waals surface area contributed by atoms with Crippen LogP contribution in [-0.4, -0.2) is 35.8 Å². The van der Waals surface area contributed by atoms with Gasteiger partial charge in [-0.15, -0.1) is 0 Å². The fourth-order valence-corrected chi connectivity index (χ4v) is 3.60. The Balaban J connectivity index is 1.93. The van der Waals surface area contributed by atoms with Crippen LogP contribution < -0.4 is 5.32 Å². The van der Waals surface area contributed by atoms with Crippen LogP contribution >= 0.6 is 11.6 Å². The smallest absolute Gasteiger partial charge is 0.237 e. The van der Waals surface area contributed by atoms with Gasteiger partial charge in [-0.05, 0) is 63.6 Å². The molecule has 1 heterocycles. The van der Waals surface area contributed by atoms with Crippen molar-refractivity contribution < 1.29 is 9.59 Å². The van der Waals surface area contributed by atoms with Gasteiger partial charge in [-0.2, -0.15) is 0 Å². The number of carbonyl (C=O) groups is 2. The van der Waals surface area contributed by atoms with Crippen LogP contribution in [0.25, 0.3) is 0 Å². The molecule has 1 aromatic rings. The molecule has 1 N–H and O–H groups in total. The standard InChI is InChI=1S/C20H29ClN2O2/c1-4-17-10-5-6-13-23(17)19(25)20(2,3)18(24)22-12-11-15-8-7-9-16(21)14-15/h7-9,14,17H,4-6,10-13H2,1-3H3,(H,22,24). The van der Waals surface area contributed by atoms with Crippen molar-refractivity contribution in [1.82, 2.24) is 10.2 Å². The number of hydrogen-bond acceptors (Lipinski definition) is 2. The highest BCUT2D eigenvalue weighted by atomic mass is 35.5. The summed E-state index contributed by atoms with van der Waals surface area (Å²) >= 11 is 5.98. The Kier molecular flexibility index (Phi) is 6.88. The zero-order valence-corrected chi connectivity index (χ0v) is 16.2. The molecule has 1 aliphatic rings. The number of nitrogens with zero attached hydrogens (tertiary/aromatic N) is 1. The van der Waals surface area contributed by atoms with Crippen LogP contribution in [-0.2, 0) is 16.0 Å². The largest absolute Gasteiger partial charge is 0.355 e. The van der Waals surface area contributed by atoms with Crippen molar-refractivity contribution in [3.8, 4) is 0 Å². The van der Waals surface area contributed by atoms with Gasteiger partial charge in [-0.3, -0.25) is 9.59 Å². The first-order chi connectivity index (χ1) is 11.9. The topological polar surface area (TPSA) is 49.4 Å². The van der Waals surface area contributed by atoms with Crippen molar-refractivity contribution in [3.63, 3.8) is 0 Å². The summed E-state index contributed by atoms with van der Waals surface area (Å²) in [5.41, 5.74) is 0.0260. The number of piperidine rings is 1. The van der Waals surface area contributed by atoms with Crippen LogP contribution in [0, 0.1) is 5.41 Å². The van der Waals surface area contributed by atoms with Gasteiger partial charge in [0.05, 0.1) is 0 Å². The van der Waals surface area contributed by atoms with E-state index in [1.807, 2.05) is 29.2 Å². The molecule has 0 radical (unpaired) electrons. The maximum Gasteiger partial charge on any atom is 0.237 e. The third kappa shape index (κ3) is 4.97. The molecule has 0 saturated carbocycles. The number of amides is 2. The van der Waals surface area contributed by atoms with Crippen LogP contribution in [0.2, 0.25) is 5.02 Å². The molecule has 1 aliphatic heterocycles. The van der Waals surface area contributed by atoms with Gasteiger partial charge in [0.1, 0.15) is 5.41 Å². The molecule has 1 aromatic carbocycles. The maximum atomic E-state index is 13.0. The van der Waals surface area contributed by atoms with Crippen molar-refractivity contribution in [1.29, 1.82) is 0 Å². The van der Waals surface area contributed by atoms with E-state index in [0.717, 1.165) is 37.8 Å². The lowest BCUT2D eigenvalue weighted by Gasteiger charge is -2.39. The molecule has 1 saturated heterocycles. The first-order valence-corrected chi connectivity index (χ1v) is 9.58. The zero-order chi connectivity index (χ0) is 18.4. The minimum Gasteiger partial charge on any atom is -0.355 e. The Hall–Kier alpha value is -1.55. The van der Waals surface area contributed by atoms with Crippen molar-refractivity contribution in [3.05, 3.63) is 34.9 Å². The molecule has 2 rings (SSSR count). The molecule has 5 heteroatoms. The molecule has 25 heavy (non-hydrogen) atoms. The number of rotatable bonds is 6. The first kappa shape index (κ1) is 19.8. The molecule has 0 spiro atoms. The molecule has 2 amide bonds. The summed E-state index contributed by atoms with van der Waals surface area (Å²) in [4.78, 5) is 27.5. The van der Waals surface area contributed by atoms with Gasteiger partial charge in [0.2, 0.25) is 11.8 Å². The van der Waals surface area contributed by atoms with E-state index >= 15 is 0 Å². The second-order valence-electron chi connectivity index (χ2n) is 7.32. The Morgan fingerprint density at radius 2 is 2.08 bits per heavy atom. The molecule has 0 aliphatic carbocycles. The van der Waals surface area contributed by atoms with E-state index < -0.39 is 5.41 Å². The molecule has 138 valence electrons.